The highest BCUT2D eigenvalue weighted by molar-refractivity contribution is 7.72. The minimum Gasteiger partial charge on any atom is -0.388 e. The second-order valence-corrected chi connectivity index (χ2v) is 6.79. The summed E-state index contributed by atoms with van der Waals surface area (Å²) >= 11 is 0. The Bertz CT molecular complexity index is 306. The molecule has 1 aromatic rings. The number of aliphatic hydroxyl groups excluding tert-OH is 1. The Labute approximate surface area is 79.0 Å². The van der Waals surface area contributed by atoms with Crippen LogP contribution in [-0.4, -0.2) is 17.1 Å². The van der Waals surface area contributed by atoms with Gasteiger partial charge in [-0.25, -0.2) is 0 Å². The van der Waals surface area contributed by atoms with Gasteiger partial charge >= 0.3 is 0 Å². The lowest BCUT2D eigenvalue weighted by Crippen LogP contribution is -2.14. The largest absolute Gasteiger partial charge is 0.388 e. The summed E-state index contributed by atoms with van der Waals surface area (Å²) < 4.78 is 12.2. The number of aliphatic hydroxyl groups is 1. The molecule has 0 aromatic heterocycles. The minimum atomic E-state index is -2.57. The van der Waals surface area contributed by atoms with E-state index in [1.807, 2.05) is 44.2 Å². The third-order valence-electron chi connectivity index (χ3n) is 2.24. The average Bonchev–Trinajstić information content (AvgIpc) is 2.17. The fourth-order valence-corrected chi connectivity index (χ4v) is 2.99. The maximum Gasteiger partial charge on any atom is 0.142 e. The van der Waals surface area contributed by atoms with Crippen molar-refractivity contribution in [2.24, 2.45) is 0 Å². The molecule has 0 fully saturated rings. The summed E-state index contributed by atoms with van der Waals surface area (Å²) in [6.45, 7) is 3.76. The van der Waals surface area contributed by atoms with Crippen molar-refractivity contribution in [2.45, 2.75) is 19.5 Å². The maximum absolute atomic E-state index is 12.2. The second kappa shape index (κ2) is 4.08. The van der Waals surface area contributed by atoms with Crippen LogP contribution in [-0.2, 0) is 4.57 Å². The Balaban J connectivity index is 3.12. The standard InChI is InChI=1S/C10H15O2P/c1-9(2)13(12,8-11)10-6-4-3-5-7-10/h3-7,9,11H,8H2,1-2H3. The van der Waals surface area contributed by atoms with E-state index in [-0.39, 0.29) is 12.0 Å². The fourth-order valence-electron chi connectivity index (χ4n) is 1.22. The SMILES string of the molecule is CC(C)P(=O)(CO)c1ccccc1. The minimum absolute atomic E-state index is 0.0000926. The lowest BCUT2D eigenvalue weighted by Gasteiger charge is -2.19. The highest BCUT2D eigenvalue weighted by Crippen LogP contribution is 2.47. The first kappa shape index (κ1) is 10.5. The van der Waals surface area contributed by atoms with Gasteiger partial charge in [-0.2, -0.15) is 0 Å². The molecule has 1 N–H and O–H groups in total. The molecule has 13 heavy (non-hydrogen) atoms. The molecule has 1 rings (SSSR count). The van der Waals surface area contributed by atoms with Gasteiger partial charge in [-0.3, -0.25) is 0 Å². The van der Waals surface area contributed by atoms with Gasteiger partial charge in [0.2, 0.25) is 0 Å². The van der Waals surface area contributed by atoms with Crippen molar-refractivity contribution < 1.29 is 9.67 Å². The molecule has 0 saturated heterocycles. The highest BCUT2D eigenvalue weighted by atomic mass is 31.2. The Morgan fingerprint density at radius 1 is 1.31 bits per heavy atom. The Hall–Kier alpha value is -0.590. The fraction of sp³-hybridized carbons (Fsp3) is 0.400. The zero-order chi connectivity index (χ0) is 9.90. The summed E-state index contributed by atoms with van der Waals surface area (Å²) in [6, 6.07) is 9.21. The molecule has 72 valence electrons. The molecular weight excluding hydrogens is 183 g/mol. The molecule has 0 amide bonds. The normalized spacial score (nSPS) is 15.7. The zero-order valence-corrected chi connectivity index (χ0v) is 8.87. The Morgan fingerprint density at radius 2 is 1.85 bits per heavy atom. The van der Waals surface area contributed by atoms with Crippen LogP contribution in [0.15, 0.2) is 30.3 Å². The van der Waals surface area contributed by atoms with Crippen molar-refractivity contribution in [3.63, 3.8) is 0 Å². The summed E-state index contributed by atoms with van der Waals surface area (Å²) in [5.74, 6) is 0. The van der Waals surface area contributed by atoms with Gasteiger partial charge in [0, 0.05) is 11.0 Å². The predicted molar refractivity (Wildman–Crippen MR) is 55.9 cm³/mol. The summed E-state index contributed by atoms with van der Waals surface area (Å²) in [7, 11) is -2.57. The number of hydrogen-bond acceptors (Lipinski definition) is 2. The van der Waals surface area contributed by atoms with E-state index in [2.05, 4.69) is 0 Å². The van der Waals surface area contributed by atoms with Gasteiger partial charge in [-0.15, -0.1) is 0 Å². The summed E-state index contributed by atoms with van der Waals surface area (Å²) in [4.78, 5) is 0. The first-order chi connectivity index (χ1) is 6.11. The van der Waals surface area contributed by atoms with Crippen molar-refractivity contribution in [1.29, 1.82) is 0 Å². The molecule has 0 aliphatic heterocycles. The van der Waals surface area contributed by atoms with E-state index in [4.69, 9.17) is 5.11 Å². The lowest BCUT2D eigenvalue weighted by atomic mass is 10.4. The van der Waals surface area contributed by atoms with E-state index in [0.717, 1.165) is 5.30 Å². The molecule has 0 aliphatic rings. The van der Waals surface area contributed by atoms with Crippen LogP contribution in [0, 0.1) is 0 Å². The van der Waals surface area contributed by atoms with Crippen molar-refractivity contribution in [1.82, 2.24) is 0 Å². The smallest absolute Gasteiger partial charge is 0.142 e. The van der Waals surface area contributed by atoms with Gasteiger partial charge < -0.3 is 9.67 Å². The first-order valence-corrected chi connectivity index (χ1v) is 6.32. The second-order valence-electron chi connectivity index (χ2n) is 3.37. The number of hydrogen-bond donors (Lipinski definition) is 1. The number of rotatable bonds is 3. The lowest BCUT2D eigenvalue weighted by molar-refractivity contribution is 0.358. The van der Waals surface area contributed by atoms with Gasteiger partial charge in [-0.05, 0) is 0 Å². The maximum atomic E-state index is 12.2. The molecule has 2 nitrogen and oxygen atoms in total. The summed E-state index contributed by atoms with van der Waals surface area (Å²) in [5.41, 5.74) is -0.0000926. The van der Waals surface area contributed by atoms with E-state index >= 15 is 0 Å². The topological polar surface area (TPSA) is 37.3 Å². The van der Waals surface area contributed by atoms with Crippen LogP contribution in [0.3, 0.4) is 0 Å². The van der Waals surface area contributed by atoms with Crippen molar-refractivity contribution in [3.8, 4) is 0 Å². The van der Waals surface area contributed by atoms with Gasteiger partial charge in [0.15, 0.2) is 0 Å². The van der Waals surface area contributed by atoms with Crippen LogP contribution < -0.4 is 5.30 Å². The molecule has 1 atom stereocenters. The molecule has 0 saturated carbocycles. The van der Waals surface area contributed by atoms with E-state index in [0.29, 0.717) is 0 Å². The molecule has 1 aromatic carbocycles. The first-order valence-electron chi connectivity index (χ1n) is 4.36. The summed E-state index contributed by atoms with van der Waals surface area (Å²) in [6.07, 6.45) is -0.241. The van der Waals surface area contributed by atoms with Crippen LogP contribution in [0.25, 0.3) is 0 Å². The molecular formula is C10H15O2P. The van der Waals surface area contributed by atoms with Gasteiger partial charge in [0.05, 0.1) is 0 Å². The van der Waals surface area contributed by atoms with Crippen molar-refractivity contribution in [3.05, 3.63) is 30.3 Å². The average molecular weight is 198 g/mol. The van der Waals surface area contributed by atoms with Crippen LogP contribution >= 0.6 is 7.14 Å². The molecule has 0 spiro atoms. The monoisotopic (exact) mass is 198 g/mol. The molecule has 3 heteroatoms. The quantitative estimate of drug-likeness (QED) is 0.754. The van der Waals surface area contributed by atoms with E-state index in [1.165, 1.54) is 0 Å². The van der Waals surface area contributed by atoms with E-state index in [9.17, 15) is 4.57 Å². The number of benzene rings is 1. The van der Waals surface area contributed by atoms with Crippen LogP contribution in [0.4, 0.5) is 0 Å². The zero-order valence-electron chi connectivity index (χ0n) is 7.97. The Morgan fingerprint density at radius 3 is 2.23 bits per heavy atom. The predicted octanol–water partition coefficient (Wildman–Crippen LogP) is 2.03. The highest BCUT2D eigenvalue weighted by Gasteiger charge is 2.27. The van der Waals surface area contributed by atoms with Crippen molar-refractivity contribution >= 4 is 12.4 Å². The molecule has 0 radical (unpaired) electrons. The third-order valence-corrected chi connectivity index (χ3v) is 5.50. The van der Waals surface area contributed by atoms with Crippen LogP contribution in [0.2, 0.25) is 0 Å². The van der Waals surface area contributed by atoms with Gasteiger partial charge in [0.25, 0.3) is 0 Å². The van der Waals surface area contributed by atoms with E-state index in [1.54, 1.807) is 0 Å². The molecule has 0 heterocycles. The van der Waals surface area contributed by atoms with Crippen LogP contribution in [0.5, 0.6) is 0 Å². The summed E-state index contributed by atoms with van der Waals surface area (Å²) in [5, 5.41) is 9.92. The molecule has 0 bridgehead atoms. The Kier molecular flexibility index (Phi) is 3.29. The van der Waals surface area contributed by atoms with Crippen LogP contribution in [0.1, 0.15) is 13.8 Å². The van der Waals surface area contributed by atoms with Gasteiger partial charge in [-0.1, -0.05) is 44.2 Å². The van der Waals surface area contributed by atoms with E-state index < -0.39 is 7.14 Å². The van der Waals surface area contributed by atoms with Gasteiger partial charge in [0.1, 0.15) is 13.5 Å². The third kappa shape index (κ3) is 2.01. The van der Waals surface area contributed by atoms with Crippen molar-refractivity contribution in [2.75, 3.05) is 6.35 Å². The molecule has 1 unspecified atom stereocenters. The molecule has 0 aliphatic carbocycles.